The third kappa shape index (κ3) is 3.78. The third-order valence-electron chi connectivity index (χ3n) is 4.83. The molecule has 5 heteroatoms. The van der Waals surface area contributed by atoms with Gasteiger partial charge in [-0.15, -0.1) is 0 Å². The first kappa shape index (κ1) is 17.5. The first-order valence-corrected chi connectivity index (χ1v) is 9.89. The number of amides is 1. The molecule has 0 aliphatic rings. The van der Waals surface area contributed by atoms with Gasteiger partial charge < -0.3 is 9.88 Å². The third-order valence-corrected chi connectivity index (χ3v) is 5.53. The second-order valence-electron chi connectivity index (χ2n) is 6.62. The maximum atomic E-state index is 12.7. The maximum absolute atomic E-state index is 12.7. The molecule has 4 aromatic rings. The summed E-state index contributed by atoms with van der Waals surface area (Å²) >= 11 is 1.66. The Morgan fingerprint density at radius 2 is 2.04 bits per heavy atom. The number of aryl methyl sites for hydroxylation is 1. The minimum absolute atomic E-state index is 0.0322. The van der Waals surface area contributed by atoms with Crippen molar-refractivity contribution in [1.82, 2.24) is 14.9 Å². The second-order valence-corrected chi connectivity index (χ2v) is 7.40. The van der Waals surface area contributed by atoms with Gasteiger partial charge in [-0.05, 0) is 46.2 Å². The molecule has 27 heavy (non-hydrogen) atoms. The van der Waals surface area contributed by atoms with E-state index in [0.29, 0.717) is 13.0 Å². The first-order chi connectivity index (χ1) is 13.2. The van der Waals surface area contributed by atoms with E-state index in [9.17, 15) is 4.79 Å². The average Bonchev–Trinajstić information content (AvgIpc) is 3.34. The van der Waals surface area contributed by atoms with E-state index < -0.39 is 0 Å². The van der Waals surface area contributed by atoms with Gasteiger partial charge in [0.25, 0.3) is 0 Å². The molecule has 0 saturated heterocycles. The van der Waals surface area contributed by atoms with Crippen molar-refractivity contribution >= 4 is 28.1 Å². The number of carbonyl (C=O) groups is 1. The van der Waals surface area contributed by atoms with Gasteiger partial charge in [-0.2, -0.15) is 11.3 Å². The zero-order valence-corrected chi connectivity index (χ0v) is 15.9. The Kier molecular flexibility index (Phi) is 5.03. The molecule has 1 atom stereocenters. The van der Waals surface area contributed by atoms with Crippen LogP contribution in [0.5, 0.6) is 0 Å². The molecule has 1 unspecified atom stereocenters. The van der Waals surface area contributed by atoms with Crippen LogP contribution in [0.1, 0.15) is 29.2 Å². The van der Waals surface area contributed by atoms with E-state index in [-0.39, 0.29) is 11.8 Å². The molecule has 3 heterocycles. The number of aromatic nitrogens is 2. The fraction of sp³-hybridized carbons (Fsp3) is 0.182. The molecular formula is C22H21N3OS. The Morgan fingerprint density at radius 1 is 1.19 bits per heavy atom. The largest absolute Gasteiger partial charge is 0.350 e. The molecule has 1 N–H and O–H groups in total. The van der Waals surface area contributed by atoms with Gasteiger partial charge in [0.1, 0.15) is 0 Å². The van der Waals surface area contributed by atoms with Crippen LogP contribution in [0, 0.1) is 0 Å². The molecule has 0 aliphatic heterocycles. The highest BCUT2D eigenvalue weighted by Gasteiger charge is 2.22. The van der Waals surface area contributed by atoms with E-state index in [0.717, 1.165) is 5.69 Å². The lowest BCUT2D eigenvalue weighted by Crippen LogP contribution is -2.25. The number of nitrogens with one attached hydrogen (secondary N) is 1. The Bertz CT molecular complexity index is 1040. The van der Waals surface area contributed by atoms with E-state index in [1.807, 2.05) is 24.3 Å². The zero-order chi connectivity index (χ0) is 18.6. The molecule has 0 aliphatic carbocycles. The number of carbonyl (C=O) groups excluding carboxylic acids is 1. The lowest BCUT2D eigenvalue weighted by molar-refractivity contribution is -0.121. The molecule has 136 valence electrons. The Hall–Kier alpha value is -2.92. The van der Waals surface area contributed by atoms with Crippen LogP contribution in [-0.4, -0.2) is 15.5 Å². The van der Waals surface area contributed by atoms with Crippen LogP contribution in [0.3, 0.4) is 0 Å². The van der Waals surface area contributed by atoms with Gasteiger partial charge in [0.15, 0.2) is 0 Å². The molecule has 0 radical (unpaired) electrons. The van der Waals surface area contributed by atoms with Gasteiger partial charge in [-0.1, -0.05) is 24.3 Å². The van der Waals surface area contributed by atoms with Crippen LogP contribution < -0.4 is 5.32 Å². The molecule has 1 aromatic carbocycles. The highest BCUT2D eigenvalue weighted by Crippen LogP contribution is 2.35. The molecule has 4 rings (SSSR count). The van der Waals surface area contributed by atoms with Crippen LogP contribution in [0.15, 0.2) is 71.7 Å². The number of hydrogen-bond acceptors (Lipinski definition) is 3. The second kappa shape index (κ2) is 7.76. The normalized spacial score (nSPS) is 12.2. The standard InChI is InChI=1S/C22H21N3OS/c1-25-14-20(18-7-2-3-8-21(18)25)19(16-9-11-27-15-16)12-22(26)24-13-17-6-4-5-10-23-17/h2-11,14-15,19H,12-13H2,1H3,(H,24,26). The Labute approximate surface area is 162 Å². The maximum Gasteiger partial charge on any atom is 0.221 e. The van der Waals surface area contributed by atoms with Crippen LogP contribution in [0.4, 0.5) is 0 Å². The van der Waals surface area contributed by atoms with Crippen LogP contribution in [0.2, 0.25) is 0 Å². The summed E-state index contributed by atoms with van der Waals surface area (Å²) in [5.41, 5.74) is 4.42. The van der Waals surface area contributed by atoms with E-state index in [4.69, 9.17) is 0 Å². The summed E-state index contributed by atoms with van der Waals surface area (Å²) in [4.78, 5) is 17.0. The van der Waals surface area contributed by atoms with Crippen LogP contribution in [-0.2, 0) is 18.4 Å². The number of thiophene rings is 1. The highest BCUT2D eigenvalue weighted by molar-refractivity contribution is 7.08. The molecule has 4 nitrogen and oxygen atoms in total. The number of hydrogen-bond donors (Lipinski definition) is 1. The summed E-state index contributed by atoms with van der Waals surface area (Å²) in [6.45, 7) is 0.450. The zero-order valence-electron chi connectivity index (χ0n) is 15.1. The SMILES string of the molecule is Cn1cc(C(CC(=O)NCc2ccccn2)c2ccsc2)c2ccccc21. The van der Waals surface area contributed by atoms with Gasteiger partial charge in [0, 0.05) is 42.7 Å². The number of benzene rings is 1. The van der Waals surface area contributed by atoms with Gasteiger partial charge in [0.2, 0.25) is 5.91 Å². The number of fused-ring (bicyclic) bond motifs is 1. The fourth-order valence-electron chi connectivity index (χ4n) is 3.48. The van der Waals surface area contributed by atoms with E-state index in [2.05, 4.69) is 63.1 Å². The summed E-state index contributed by atoms with van der Waals surface area (Å²) in [6.07, 6.45) is 4.31. The average molecular weight is 375 g/mol. The van der Waals surface area contributed by atoms with Crippen molar-refractivity contribution in [2.45, 2.75) is 18.9 Å². The predicted octanol–water partition coefficient (Wildman–Crippen LogP) is 4.47. The number of nitrogens with zero attached hydrogens (tertiary/aromatic N) is 2. The number of para-hydroxylation sites is 1. The van der Waals surface area contributed by atoms with Gasteiger partial charge >= 0.3 is 0 Å². The Balaban J connectivity index is 1.59. The van der Waals surface area contributed by atoms with Crippen molar-refractivity contribution in [1.29, 1.82) is 0 Å². The van der Waals surface area contributed by atoms with Crippen LogP contribution >= 0.6 is 11.3 Å². The van der Waals surface area contributed by atoms with Gasteiger partial charge in [-0.3, -0.25) is 9.78 Å². The fourth-order valence-corrected chi connectivity index (χ4v) is 4.19. The van der Waals surface area contributed by atoms with Crippen molar-refractivity contribution in [3.8, 4) is 0 Å². The number of pyridine rings is 1. The lowest BCUT2D eigenvalue weighted by Gasteiger charge is -2.15. The molecular weight excluding hydrogens is 354 g/mol. The van der Waals surface area contributed by atoms with E-state index in [1.54, 1.807) is 17.5 Å². The van der Waals surface area contributed by atoms with Crippen molar-refractivity contribution in [2.75, 3.05) is 0 Å². The van der Waals surface area contributed by atoms with Crippen molar-refractivity contribution in [3.63, 3.8) is 0 Å². The first-order valence-electron chi connectivity index (χ1n) is 8.95. The Morgan fingerprint density at radius 3 is 2.81 bits per heavy atom. The topological polar surface area (TPSA) is 46.9 Å². The molecule has 3 aromatic heterocycles. The summed E-state index contributed by atoms with van der Waals surface area (Å²) < 4.78 is 2.13. The summed E-state index contributed by atoms with van der Waals surface area (Å²) in [7, 11) is 2.05. The van der Waals surface area contributed by atoms with Gasteiger partial charge in [0.05, 0.1) is 12.2 Å². The number of rotatable bonds is 6. The molecule has 0 fully saturated rings. The van der Waals surface area contributed by atoms with Crippen molar-refractivity contribution in [3.05, 3.63) is 88.5 Å². The monoisotopic (exact) mass is 375 g/mol. The summed E-state index contributed by atoms with van der Waals surface area (Å²) in [5, 5.41) is 8.42. The molecule has 0 saturated carbocycles. The molecule has 0 bridgehead atoms. The smallest absolute Gasteiger partial charge is 0.221 e. The van der Waals surface area contributed by atoms with E-state index >= 15 is 0 Å². The summed E-state index contributed by atoms with van der Waals surface area (Å²) in [6, 6.07) is 16.2. The quantitative estimate of drug-likeness (QED) is 0.540. The van der Waals surface area contributed by atoms with E-state index in [1.165, 1.54) is 22.0 Å². The molecule has 1 amide bonds. The predicted molar refractivity (Wildman–Crippen MR) is 110 cm³/mol. The minimum Gasteiger partial charge on any atom is -0.350 e. The van der Waals surface area contributed by atoms with Crippen molar-refractivity contribution < 1.29 is 4.79 Å². The van der Waals surface area contributed by atoms with Gasteiger partial charge in [-0.25, -0.2) is 0 Å². The highest BCUT2D eigenvalue weighted by atomic mass is 32.1. The molecule has 0 spiro atoms. The lowest BCUT2D eigenvalue weighted by atomic mass is 9.89. The van der Waals surface area contributed by atoms with Crippen molar-refractivity contribution in [2.24, 2.45) is 7.05 Å². The van der Waals surface area contributed by atoms with Crippen LogP contribution in [0.25, 0.3) is 10.9 Å². The minimum atomic E-state index is 0.0322. The summed E-state index contributed by atoms with van der Waals surface area (Å²) in [5.74, 6) is 0.0656.